The maximum atomic E-state index is 12.3. The number of aromatic nitrogens is 3. The van der Waals surface area contributed by atoms with Crippen LogP contribution in [0.15, 0.2) is 6.20 Å². The van der Waals surface area contributed by atoms with Gasteiger partial charge in [-0.15, -0.1) is 5.10 Å². The Labute approximate surface area is 119 Å². The van der Waals surface area contributed by atoms with Crippen molar-refractivity contribution in [3.8, 4) is 0 Å². The smallest absolute Gasteiger partial charge is 0.247 e. The average Bonchev–Trinajstić information content (AvgIpc) is 2.93. The monoisotopic (exact) mass is 281 g/mol. The van der Waals surface area contributed by atoms with E-state index in [1.165, 1.54) is 0 Å². The van der Waals surface area contributed by atoms with E-state index >= 15 is 0 Å². The Hall–Kier alpha value is -1.47. The van der Waals surface area contributed by atoms with Gasteiger partial charge >= 0.3 is 0 Å². The molecule has 2 rings (SSSR count). The maximum absolute atomic E-state index is 12.3. The van der Waals surface area contributed by atoms with Crippen molar-refractivity contribution in [3.63, 3.8) is 0 Å². The Bertz CT molecular complexity index is 440. The van der Waals surface area contributed by atoms with Crippen molar-refractivity contribution in [2.45, 2.75) is 39.4 Å². The number of morpholine rings is 1. The number of hydrogen-bond donors (Lipinski definition) is 1. The highest BCUT2D eigenvalue weighted by atomic mass is 16.5. The second kappa shape index (κ2) is 6.81. The van der Waals surface area contributed by atoms with E-state index in [0.29, 0.717) is 38.9 Å². The lowest BCUT2D eigenvalue weighted by atomic mass is 10.2. The SMILES string of the molecule is CC(C)NCc1cn(C(C)C(=O)N2CCOCC2)nn1. The summed E-state index contributed by atoms with van der Waals surface area (Å²) in [4.78, 5) is 14.2. The van der Waals surface area contributed by atoms with E-state index < -0.39 is 0 Å². The lowest BCUT2D eigenvalue weighted by Gasteiger charge is -2.29. The number of rotatable bonds is 5. The molecule has 0 radical (unpaired) electrons. The van der Waals surface area contributed by atoms with Gasteiger partial charge in [-0.25, -0.2) is 4.68 Å². The molecule has 1 aromatic heterocycles. The number of amides is 1. The van der Waals surface area contributed by atoms with E-state index in [9.17, 15) is 4.79 Å². The summed E-state index contributed by atoms with van der Waals surface area (Å²) in [5.74, 6) is 0.0709. The van der Waals surface area contributed by atoms with Crippen molar-refractivity contribution in [2.75, 3.05) is 26.3 Å². The fourth-order valence-corrected chi connectivity index (χ4v) is 2.05. The quantitative estimate of drug-likeness (QED) is 0.834. The van der Waals surface area contributed by atoms with Gasteiger partial charge < -0.3 is 15.0 Å². The van der Waals surface area contributed by atoms with E-state index in [1.54, 1.807) is 4.68 Å². The number of nitrogens with zero attached hydrogens (tertiary/aromatic N) is 4. The van der Waals surface area contributed by atoms with Gasteiger partial charge in [0.25, 0.3) is 0 Å². The minimum absolute atomic E-state index is 0.0709. The molecule has 1 atom stereocenters. The molecule has 7 nitrogen and oxygen atoms in total. The minimum Gasteiger partial charge on any atom is -0.378 e. The van der Waals surface area contributed by atoms with Gasteiger partial charge in [-0.1, -0.05) is 19.1 Å². The van der Waals surface area contributed by atoms with Crippen LogP contribution in [0.2, 0.25) is 0 Å². The molecule has 1 aliphatic rings. The maximum Gasteiger partial charge on any atom is 0.247 e. The topological polar surface area (TPSA) is 72.3 Å². The summed E-state index contributed by atoms with van der Waals surface area (Å²) in [6.45, 7) is 9.20. The highest BCUT2D eigenvalue weighted by Gasteiger charge is 2.24. The predicted octanol–water partition coefficient (Wildman–Crippen LogP) is 0.196. The zero-order valence-electron chi connectivity index (χ0n) is 12.4. The van der Waals surface area contributed by atoms with Crippen molar-refractivity contribution in [1.29, 1.82) is 0 Å². The summed E-state index contributed by atoms with van der Waals surface area (Å²) in [6.07, 6.45) is 1.83. The first-order valence-electron chi connectivity index (χ1n) is 7.08. The van der Waals surface area contributed by atoms with Crippen molar-refractivity contribution in [3.05, 3.63) is 11.9 Å². The van der Waals surface area contributed by atoms with E-state index in [0.717, 1.165) is 5.69 Å². The molecule has 2 heterocycles. The fourth-order valence-electron chi connectivity index (χ4n) is 2.05. The lowest BCUT2D eigenvalue weighted by Crippen LogP contribution is -2.43. The first-order valence-corrected chi connectivity index (χ1v) is 7.08. The molecule has 1 fully saturated rings. The fraction of sp³-hybridized carbons (Fsp3) is 0.769. The normalized spacial score (nSPS) is 17.5. The van der Waals surface area contributed by atoms with Crippen molar-refractivity contribution < 1.29 is 9.53 Å². The van der Waals surface area contributed by atoms with E-state index in [-0.39, 0.29) is 11.9 Å². The van der Waals surface area contributed by atoms with Crippen LogP contribution in [0.3, 0.4) is 0 Å². The largest absolute Gasteiger partial charge is 0.378 e. The van der Waals surface area contributed by atoms with Crippen molar-refractivity contribution in [1.82, 2.24) is 25.2 Å². The molecule has 0 saturated carbocycles. The van der Waals surface area contributed by atoms with Gasteiger partial charge in [0, 0.05) is 25.7 Å². The molecular formula is C13H23N5O2. The summed E-state index contributed by atoms with van der Waals surface area (Å²) < 4.78 is 6.89. The van der Waals surface area contributed by atoms with Gasteiger partial charge in [0.2, 0.25) is 5.91 Å². The van der Waals surface area contributed by atoms with Crippen LogP contribution < -0.4 is 5.32 Å². The van der Waals surface area contributed by atoms with Gasteiger partial charge in [-0.3, -0.25) is 4.79 Å². The predicted molar refractivity (Wildman–Crippen MR) is 74.1 cm³/mol. The Morgan fingerprint density at radius 2 is 2.10 bits per heavy atom. The van der Waals surface area contributed by atoms with Gasteiger partial charge in [-0.05, 0) is 6.92 Å². The molecule has 1 N–H and O–H groups in total. The van der Waals surface area contributed by atoms with Crippen molar-refractivity contribution >= 4 is 5.91 Å². The van der Waals surface area contributed by atoms with Crippen LogP contribution in [-0.4, -0.2) is 58.1 Å². The third-order valence-electron chi connectivity index (χ3n) is 3.33. The van der Waals surface area contributed by atoms with Crippen LogP contribution in [0.1, 0.15) is 32.5 Å². The number of ether oxygens (including phenoxy) is 1. The molecule has 7 heteroatoms. The molecular weight excluding hydrogens is 258 g/mol. The molecule has 112 valence electrons. The second-order valence-corrected chi connectivity index (χ2v) is 5.34. The average molecular weight is 281 g/mol. The lowest BCUT2D eigenvalue weighted by molar-refractivity contribution is -0.138. The Morgan fingerprint density at radius 3 is 2.75 bits per heavy atom. The first kappa shape index (κ1) is 14.9. The summed E-state index contributed by atoms with van der Waals surface area (Å²) in [5, 5.41) is 11.4. The molecule has 1 saturated heterocycles. The minimum atomic E-state index is -0.326. The molecule has 0 aromatic carbocycles. The standard InChI is InChI=1S/C13H23N5O2/c1-10(2)14-8-12-9-18(16-15-12)11(3)13(19)17-4-6-20-7-5-17/h9-11,14H,4-8H2,1-3H3. The molecule has 1 unspecified atom stereocenters. The summed E-state index contributed by atoms with van der Waals surface area (Å²) in [6, 6.07) is 0.0703. The van der Waals surface area contributed by atoms with Gasteiger partial charge in [0.15, 0.2) is 0 Å². The van der Waals surface area contributed by atoms with Crippen LogP contribution in [-0.2, 0) is 16.1 Å². The number of carbonyl (C=O) groups is 1. The zero-order valence-corrected chi connectivity index (χ0v) is 12.4. The Balaban J connectivity index is 1.94. The number of carbonyl (C=O) groups excluding carboxylic acids is 1. The Morgan fingerprint density at radius 1 is 1.40 bits per heavy atom. The molecule has 0 spiro atoms. The number of nitrogens with one attached hydrogen (secondary N) is 1. The van der Waals surface area contributed by atoms with Gasteiger partial charge in [0.05, 0.1) is 25.1 Å². The van der Waals surface area contributed by atoms with Gasteiger partial charge in [0.1, 0.15) is 6.04 Å². The van der Waals surface area contributed by atoms with E-state index in [4.69, 9.17) is 4.74 Å². The third-order valence-corrected chi connectivity index (χ3v) is 3.33. The van der Waals surface area contributed by atoms with Gasteiger partial charge in [-0.2, -0.15) is 0 Å². The zero-order chi connectivity index (χ0) is 14.5. The Kier molecular flexibility index (Phi) is 5.08. The number of hydrogen-bond acceptors (Lipinski definition) is 5. The van der Waals surface area contributed by atoms with Crippen LogP contribution in [0.5, 0.6) is 0 Å². The third kappa shape index (κ3) is 3.77. The summed E-state index contributed by atoms with van der Waals surface area (Å²) in [7, 11) is 0. The summed E-state index contributed by atoms with van der Waals surface area (Å²) >= 11 is 0. The van der Waals surface area contributed by atoms with Crippen LogP contribution >= 0.6 is 0 Å². The summed E-state index contributed by atoms with van der Waals surface area (Å²) in [5.41, 5.74) is 0.848. The molecule has 1 aliphatic heterocycles. The molecule has 0 aliphatic carbocycles. The molecule has 1 aromatic rings. The highest BCUT2D eigenvalue weighted by Crippen LogP contribution is 2.11. The highest BCUT2D eigenvalue weighted by molar-refractivity contribution is 5.80. The van der Waals surface area contributed by atoms with Crippen LogP contribution in [0, 0.1) is 0 Å². The first-order chi connectivity index (χ1) is 9.58. The second-order valence-electron chi connectivity index (χ2n) is 5.34. The van der Waals surface area contributed by atoms with Crippen molar-refractivity contribution in [2.24, 2.45) is 0 Å². The van der Waals surface area contributed by atoms with E-state index in [2.05, 4.69) is 29.5 Å². The van der Waals surface area contributed by atoms with Crippen LogP contribution in [0.25, 0.3) is 0 Å². The molecule has 20 heavy (non-hydrogen) atoms. The molecule has 1 amide bonds. The molecule has 0 bridgehead atoms. The van der Waals surface area contributed by atoms with Crippen LogP contribution in [0.4, 0.5) is 0 Å². The van der Waals surface area contributed by atoms with E-state index in [1.807, 2.05) is 18.0 Å².